The van der Waals surface area contributed by atoms with Crippen molar-refractivity contribution in [3.05, 3.63) is 32.7 Å². The minimum atomic E-state index is -0.586. The van der Waals surface area contributed by atoms with E-state index in [1.54, 1.807) is 13.8 Å². The second kappa shape index (κ2) is 2.74. The molecule has 0 aliphatic rings. The summed E-state index contributed by atoms with van der Waals surface area (Å²) in [5.74, 6) is -0.234. The third-order valence-corrected chi connectivity index (χ3v) is 1.38. The molecule has 11 heavy (non-hydrogen) atoms. The Labute approximate surface area is 63.1 Å². The lowest BCUT2D eigenvalue weighted by Crippen LogP contribution is -2.31. The molecule has 0 aromatic carbocycles. The second-order valence-electron chi connectivity index (χ2n) is 2.21. The van der Waals surface area contributed by atoms with Crippen molar-refractivity contribution in [2.45, 2.75) is 20.4 Å². The first-order chi connectivity index (χ1) is 5.15. The molecular formula is C7H9NO3. The summed E-state index contributed by atoms with van der Waals surface area (Å²) in [6.07, 6.45) is 0. The first-order valence-electron chi connectivity index (χ1n) is 3.36. The molecule has 1 aromatic rings. The van der Waals surface area contributed by atoms with E-state index in [0.717, 1.165) is 4.57 Å². The lowest BCUT2D eigenvalue weighted by Gasteiger charge is -1.97. The van der Waals surface area contributed by atoms with E-state index in [2.05, 4.69) is 4.42 Å². The average Bonchev–Trinajstić information content (AvgIpc) is 1.85. The van der Waals surface area contributed by atoms with Gasteiger partial charge >= 0.3 is 5.76 Å². The van der Waals surface area contributed by atoms with Gasteiger partial charge in [0.1, 0.15) is 5.76 Å². The molecule has 0 bridgehead atoms. The molecule has 1 heterocycles. The zero-order valence-corrected chi connectivity index (χ0v) is 6.46. The zero-order valence-electron chi connectivity index (χ0n) is 6.46. The molecule has 4 heteroatoms. The van der Waals surface area contributed by atoms with Crippen LogP contribution in [0.1, 0.15) is 12.7 Å². The molecule has 0 saturated carbocycles. The van der Waals surface area contributed by atoms with Crippen LogP contribution in [0.3, 0.4) is 0 Å². The SMILES string of the molecule is CCn1c(=O)cc(C)oc1=O. The van der Waals surface area contributed by atoms with Gasteiger partial charge in [0.2, 0.25) is 0 Å². The van der Waals surface area contributed by atoms with E-state index < -0.39 is 5.76 Å². The number of aryl methyl sites for hydroxylation is 1. The van der Waals surface area contributed by atoms with Crippen molar-refractivity contribution in [2.24, 2.45) is 0 Å². The molecule has 1 aromatic heterocycles. The summed E-state index contributed by atoms with van der Waals surface area (Å²) in [6, 6.07) is 1.30. The Morgan fingerprint density at radius 3 is 2.64 bits per heavy atom. The summed E-state index contributed by atoms with van der Waals surface area (Å²) in [6.45, 7) is 3.64. The van der Waals surface area contributed by atoms with Gasteiger partial charge in [-0.3, -0.25) is 4.79 Å². The summed E-state index contributed by atoms with van der Waals surface area (Å²) < 4.78 is 5.72. The lowest BCUT2D eigenvalue weighted by molar-refractivity contribution is 0.405. The molecule has 0 fully saturated rings. The van der Waals surface area contributed by atoms with Gasteiger partial charge in [0, 0.05) is 12.6 Å². The van der Waals surface area contributed by atoms with Gasteiger partial charge in [0.25, 0.3) is 5.56 Å². The zero-order chi connectivity index (χ0) is 8.43. The Bertz CT molecular complexity index is 329. The van der Waals surface area contributed by atoms with Crippen LogP contribution in [0.5, 0.6) is 0 Å². The Kier molecular flexibility index (Phi) is 1.94. The Morgan fingerprint density at radius 1 is 1.55 bits per heavy atom. The predicted molar refractivity (Wildman–Crippen MR) is 39.6 cm³/mol. The number of nitrogens with zero attached hydrogens (tertiary/aromatic N) is 1. The molecule has 1 rings (SSSR count). The van der Waals surface area contributed by atoms with E-state index in [0.29, 0.717) is 12.3 Å². The highest BCUT2D eigenvalue weighted by Crippen LogP contribution is 1.84. The second-order valence-corrected chi connectivity index (χ2v) is 2.21. The molecule has 0 aliphatic heterocycles. The molecule has 0 saturated heterocycles. The van der Waals surface area contributed by atoms with Crippen molar-refractivity contribution in [2.75, 3.05) is 0 Å². The van der Waals surface area contributed by atoms with E-state index in [-0.39, 0.29) is 5.56 Å². The summed E-state index contributed by atoms with van der Waals surface area (Å²) in [4.78, 5) is 21.9. The van der Waals surface area contributed by atoms with Crippen LogP contribution in [-0.2, 0) is 6.54 Å². The van der Waals surface area contributed by atoms with Crippen molar-refractivity contribution in [3.63, 3.8) is 0 Å². The highest BCUT2D eigenvalue weighted by molar-refractivity contribution is 4.91. The Morgan fingerprint density at radius 2 is 2.18 bits per heavy atom. The predicted octanol–water partition coefficient (Wildman–Crippen LogP) is 0.130. The van der Waals surface area contributed by atoms with E-state index >= 15 is 0 Å². The molecule has 0 atom stereocenters. The van der Waals surface area contributed by atoms with E-state index in [1.807, 2.05) is 0 Å². The highest BCUT2D eigenvalue weighted by Gasteiger charge is 1.99. The van der Waals surface area contributed by atoms with Crippen molar-refractivity contribution in [3.8, 4) is 0 Å². The largest absolute Gasteiger partial charge is 0.421 e. The van der Waals surface area contributed by atoms with Gasteiger partial charge in [-0.2, -0.15) is 0 Å². The van der Waals surface area contributed by atoms with Gasteiger partial charge in [-0.1, -0.05) is 0 Å². The van der Waals surface area contributed by atoms with Gasteiger partial charge in [0.15, 0.2) is 0 Å². The van der Waals surface area contributed by atoms with Crippen molar-refractivity contribution in [1.29, 1.82) is 0 Å². The normalized spacial score (nSPS) is 10.0. The van der Waals surface area contributed by atoms with Gasteiger partial charge < -0.3 is 4.42 Å². The standard InChI is InChI=1S/C7H9NO3/c1-3-8-6(9)4-5(2)11-7(8)10/h4H,3H2,1-2H3. The van der Waals surface area contributed by atoms with Crippen LogP contribution >= 0.6 is 0 Å². The van der Waals surface area contributed by atoms with E-state index in [4.69, 9.17) is 0 Å². The van der Waals surface area contributed by atoms with Crippen LogP contribution in [0.15, 0.2) is 20.1 Å². The van der Waals surface area contributed by atoms with Crippen LogP contribution in [0, 0.1) is 6.92 Å². The first-order valence-corrected chi connectivity index (χ1v) is 3.36. The van der Waals surface area contributed by atoms with Gasteiger partial charge in [-0.15, -0.1) is 0 Å². The third-order valence-electron chi connectivity index (χ3n) is 1.38. The van der Waals surface area contributed by atoms with Crippen LogP contribution in [0.2, 0.25) is 0 Å². The number of hydrogen-bond acceptors (Lipinski definition) is 3. The van der Waals surface area contributed by atoms with Crippen LogP contribution in [0.25, 0.3) is 0 Å². The molecule has 0 aliphatic carbocycles. The summed E-state index contributed by atoms with van der Waals surface area (Å²) in [7, 11) is 0. The topological polar surface area (TPSA) is 52.2 Å². The lowest BCUT2D eigenvalue weighted by atomic mass is 10.5. The van der Waals surface area contributed by atoms with Gasteiger partial charge in [0.05, 0.1) is 0 Å². The quantitative estimate of drug-likeness (QED) is 0.579. The summed E-state index contributed by atoms with van der Waals surface area (Å²) in [5.41, 5.74) is -0.304. The number of hydrogen-bond donors (Lipinski definition) is 0. The van der Waals surface area contributed by atoms with Crippen LogP contribution in [0.4, 0.5) is 0 Å². The Hall–Kier alpha value is -1.32. The Balaban J connectivity index is 3.50. The first kappa shape index (κ1) is 7.78. The van der Waals surface area contributed by atoms with Crippen molar-refractivity contribution < 1.29 is 4.42 Å². The molecule has 4 nitrogen and oxygen atoms in total. The number of rotatable bonds is 1. The minimum Gasteiger partial charge on any atom is -0.415 e. The smallest absolute Gasteiger partial charge is 0.415 e. The molecule has 0 N–H and O–H groups in total. The minimum absolute atomic E-state index is 0.304. The fraction of sp³-hybridized carbons (Fsp3) is 0.429. The molecule has 0 amide bonds. The summed E-state index contributed by atoms with van der Waals surface area (Å²) in [5, 5.41) is 0. The molecule has 60 valence electrons. The monoisotopic (exact) mass is 155 g/mol. The van der Waals surface area contributed by atoms with Crippen molar-refractivity contribution in [1.82, 2.24) is 4.57 Å². The fourth-order valence-electron chi connectivity index (χ4n) is 0.849. The molecular weight excluding hydrogens is 146 g/mol. The maximum atomic E-state index is 11.0. The maximum absolute atomic E-state index is 11.0. The molecule has 0 spiro atoms. The molecule has 0 radical (unpaired) electrons. The van der Waals surface area contributed by atoms with E-state index in [9.17, 15) is 9.59 Å². The summed E-state index contributed by atoms with van der Waals surface area (Å²) >= 11 is 0. The maximum Gasteiger partial charge on any atom is 0.421 e. The molecule has 0 unspecified atom stereocenters. The third kappa shape index (κ3) is 1.39. The van der Waals surface area contributed by atoms with Crippen LogP contribution < -0.4 is 11.3 Å². The highest BCUT2D eigenvalue weighted by atomic mass is 16.4. The number of aromatic nitrogens is 1. The van der Waals surface area contributed by atoms with E-state index in [1.165, 1.54) is 6.07 Å². The van der Waals surface area contributed by atoms with Gasteiger partial charge in [-0.25, -0.2) is 9.36 Å². The average molecular weight is 155 g/mol. The van der Waals surface area contributed by atoms with Crippen molar-refractivity contribution >= 4 is 0 Å². The fourth-order valence-corrected chi connectivity index (χ4v) is 0.849. The van der Waals surface area contributed by atoms with Gasteiger partial charge in [-0.05, 0) is 13.8 Å². The van der Waals surface area contributed by atoms with Crippen LogP contribution in [-0.4, -0.2) is 4.57 Å².